The minimum absolute atomic E-state index is 0.0428. The van der Waals surface area contributed by atoms with Crippen molar-refractivity contribution in [3.05, 3.63) is 29.8 Å². The molecule has 0 aliphatic carbocycles. The molecule has 0 aliphatic heterocycles. The highest BCUT2D eigenvalue weighted by Crippen LogP contribution is 2.10. The van der Waals surface area contributed by atoms with E-state index in [0.717, 1.165) is 18.7 Å². The van der Waals surface area contributed by atoms with Crippen LogP contribution in [-0.2, 0) is 0 Å². The van der Waals surface area contributed by atoms with E-state index in [4.69, 9.17) is 4.74 Å². The molecule has 1 rings (SSSR count). The highest BCUT2D eigenvalue weighted by atomic mass is 16.5. The van der Waals surface area contributed by atoms with E-state index >= 15 is 0 Å². The third-order valence-corrected chi connectivity index (χ3v) is 2.24. The lowest BCUT2D eigenvalue weighted by Crippen LogP contribution is -2.26. The van der Waals surface area contributed by atoms with E-state index < -0.39 is 0 Å². The first kappa shape index (κ1) is 12.5. The van der Waals surface area contributed by atoms with Crippen LogP contribution < -0.4 is 15.4 Å². The minimum atomic E-state index is -0.0428. The predicted octanol–water partition coefficient (Wildman–Crippen LogP) is 1.03. The summed E-state index contributed by atoms with van der Waals surface area (Å²) < 4.78 is 5.02. The first-order chi connectivity index (χ1) is 7.77. The molecule has 0 aliphatic rings. The van der Waals surface area contributed by atoms with E-state index in [1.807, 2.05) is 7.05 Å². The molecule has 0 aromatic heterocycles. The summed E-state index contributed by atoms with van der Waals surface area (Å²) in [6.07, 6.45) is 0.929. The van der Waals surface area contributed by atoms with Crippen molar-refractivity contribution in [3.8, 4) is 5.75 Å². The molecule has 88 valence electrons. The molecule has 0 spiro atoms. The van der Waals surface area contributed by atoms with Crippen LogP contribution in [0.2, 0.25) is 0 Å². The van der Waals surface area contributed by atoms with Gasteiger partial charge in [-0.15, -0.1) is 0 Å². The lowest BCUT2D eigenvalue weighted by molar-refractivity contribution is 0.0953. The number of amides is 1. The van der Waals surface area contributed by atoms with Crippen molar-refractivity contribution in [1.82, 2.24) is 10.6 Å². The Balaban J connectivity index is 2.40. The van der Waals surface area contributed by atoms with E-state index in [1.54, 1.807) is 31.4 Å². The summed E-state index contributed by atoms with van der Waals surface area (Å²) in [6.45, 7) is 1.59. The molecular weight excluding hydrogens is 204 g/mol. The number of hydrogen-bond donors (Lipinski definition) is 2. The van der Waals surface area contributed by atoms with Crippen molar-refractivity contribution in [2.75, 3.05) is 27.2 Å². The van der Waals surface area contributed by atoms with Gasteiger partial charge in [0.05, 0.1) is 7.11 Å². The average Bonchev–Trinajstić information content (AvgIpc) is 2.34. The van der Waals surface area contributed by atoms with Crippen LogP contribution in [0.25, 0.3) is 0 Å². The first-order valence-electron chi connectivity index (χ1n) is 5.34. The van der Waals surface area contributed by atoms with Gasteiger partial charge in [-0.3, -0.25) is 4.79 Å². The largest absolute Gasteiger partial charge is 0.497 e. The monoisotopic (exact) mass is 222 g/mol. The van der Waals surface area contributed by atoms with Crippen LogP contribution in [0.4, 0.5) is 0 Å². The number of nitrogens with one attached hydrogen (secondary N) is 2. The van der Waals surface area contributed by atoms with Crippen LogP contribution in [0.3, 0.4) is 0 Å². The van der Waals surface area contributed by atoms with Gasteiger partial charge in [-0.05, 0) is 44.3 Å². The van der Waals surface area contributed by atoms with Crippen molar-refractivity contribution < 1.29 is 9.53 Å². The van der Waals surface area contributed by atoms with Crippen LogP contribution in [0.1, 0.15) is 16.8 Å². The second-order valence-corrected chi connectivity index (χ2v) is 3.44. The third-order valence-electron chi connectivity index (χ3n) is 2.24. The molecule has 0 unspecified atom stereocenters. The van der Waals surface area contributed by atoms with E-state index in [2.05, 4.69) is 10.6 Å². The van der Waals surface area contributed by atoms with Crippen molar-refractivity contribution in [2.24, 2.45) is 0 Å². The number of carbonyl (C=O) groups excluding carboxylic acids is 1. The average molecular weight is 222 g/mol. The Morgan fingerprint density at radius 3 is 2.50 bits per heavy atom. The summed E-state index contributed by atoms with van der Waals surface area (Å²) in [5.74, 6) is 0.713. The number of ether oxygens (including phenoxy) is 1. The Bertz CT molecular complexity index is 322. The molecule has 0 bridgehead atoms. The highest BCUT2D eigenvalue weighted by Gasteiger charge is 2.03. The molecule has 0 fully saturated rings. The van der Waals surface area contributed by atoms with Crippen LogP contribution in [0, 0.1) is 0 Å². The lowest BCUT2D eigenvalue weighted by Gasteiger charge is -2.05. The maximum absolute atomic E-state index is 11.6. The standard InChI is InChI=1S/C12H18N2O2/c1-13-8-3-9-14-12(15)10-4-6-11(16-2)7-5-10/h4-7,13H,3,8-9H2,1-2H3,(H,14,15). The summed E-state index contributed by atoms with van der Waals surface area (Å²) in [6, 6.07) is 7.07. The lowest BCUT2D eigenvalue weighted by atomic mass is 10.2. The fourth-order valence-corrected chi connectivity index (χ4v) is 1.31. The van der Waals surface area contributed by atoms with Crippen molar-refractivity contribution >= 4 is 5.91 Å². The summed E-state index contributed by atoms with van der Waals surface area (Å²) in [5, 5.41) is 5.88. The van der Waals surface area contributed by atoms with E-state index in [1.165, 1.54) is 0 Å². The van der Waals surface area contributed by atoms with Gasteiger partial charge in [0.15, 0.2) is 0 Å². The molecular formula is C12H18N2O2. The van der Waals surface area contributed by atoms with Gasteiger partial charge in [0.1, 0.15) is 5.75 Å². The Hall–Kier alpha value is -1.55. The summed E-state index contributed by atoms with van der Waals surface area (Å²) >= 11 is 0. The molecule has 0 saturated carbocycles. The minimum Gasteiger partial charge on any atom is -0.497 e. The van der Waals surface area contributed by atoms with Gasteiger partial charge in [-0.1, -0.05) is 0 Å². The summed E-state index contributed by atoms with van der Waals surface area (Å²) in [7, 11) is 3.50. The summed E-state index contributed by atoms with van der Waals surface area (Å²) in [4.78, 5) is 11.6. The Kier molecular flexibility index (Phi) is 5.36. The molecule has 1 aromatic rings. The van der Waals surface area contributed by atoms with E-state index in [0.29, 0.717) is 12.1 Å². The molecule has 0 radical (unpaired) electrons. The fraction of sp³-hybridized carbons (Fsp3) is 0.417. The number of rotatable bonds is 6. The van der Waals surface area contributed by atoms with Gasteiger partial charge in [0, 0.05) is 12.1 Å². The second kappa shape index (κ2) is 6.85. The Morgan fingerprint density at radius 2 is 1.94 bits per heavy atom. The summed E-state index contributed by atoms with van der Waals surface area (Å²) in [5.41, 5.74) is 0.658. The highest BCUT2D eigenvalue weighted by molar-refractivity contribution is 5.94. The maximum atomic E-state index is 11.6. The quantitative estimate of drug-likeness (QED) is 0.707. The van der Waals surface area contributed by atoms with Gasteiger partial charge < -0.3 is 15.4 Å². The fourth-order valence-electron chi connectivity index (χ4n) is 1.31. The van der Waals surface area contributed by atoms with Gasteiger partial charge in [0.25, 0.3) is 5.91 Å². The molecule has 4 nitrogen and oxygen atoms in total. The number of methoxy groups -OCH3 is 1. The number of carbonyl (C=O) groups is 1. The number of hydrogen-bond acceptors (Lipinski definition) is 3. The van der Waals surface area contributed by atoms with Crippen molar-refractivity contribution in [1.29, 1.82) is 0 Å². The van der Waals surface area contributed by atoms with Crippen LogP contribution in [-0.4, -0.2) is 33.2 Å². The van der Waals surface area contributed by atoms with E-state index in [-0.39, 0.29) is 5.91 Å². The van der Waals surface area contributed by atoms with Gasteiger partial charge in [0.2, 0.25) is 0 Å². The molecule has 4 heteroatoms. The number of benzene rings is 1. The smallest absolute Gasteiger partial charge is 0.251 e. The molecule has 1 amide bonds. The first-order valence-corrected chi connectivity index (χ1v) is 5.34. The van der Waals surface area contributed by atoms with Crippen LogP contribution >= 0.6 is 0 Å². The normalized spacial score (nSPS) is 9.88. The molecule has 0 atom stereocenters. The second-order valence-electron chi connectivity index (χ2n) is 3.44. The molecule has 16 heavy (non-hydrogen) atoms. The van der Waals surface area contributed by atoms with Crippen molar-refractivity contribution in [2.45, 2.75) is 6.42 Å². The zero-order valence-corrected chi connectivity index (χ0v) is 9.75. The Morgan fingerprint density at radius 1 is 1.25 bits per heavy atom. The zero-order chi connectivity index (χ0) is 11.8. The predicted molar refractivity (Wildman–Crippen MR) is 63.9 cm³/mol. The van der Waals surface area contributed by atoms with Crippen molar-refractivity contribution in [3.63, 3.8) is 0 Å². The Labute approximate surface area is 96.0 Å². The maximum Gasteiger partial charge on any atom is 0.251 e. The SMILES string of the molecule is CNCCCNC(=O)c1ccc(OC)cc1. The molecule has 0 saturated heterocycles. The van der Waals surface area contributed by atoms with Gasteiger partial charge in [-0.25, -0.2) is 0 Å². The van der Waals surface area contributed by atoms with Gasteiger partial charge in [-0.2, -0.15) is 0 Å². The zero-order valence-electron chi connectivity index (χ0n) is 9.75. The molecule has 0 heterocycles. The van der Waals surface area contributed by atoms with Crippen LogP contribution in [0.15, 0.2) is 24.3 Å². The topological polar surface area (TPSA) is 50.4 Å². The third kappa shape index (κ3) is 3.90. The molecule has 1 aromatic carbocycles. The van der Waals surface area contributed by atoms with Gasteiger partial charge >= 0.3 is 0 Å². The molecule has 2 N–H and O–H groups in total. The van der Waals surface area contributed by atoms with Crippen LogP contribution in [0.5, 0.6) is 5.75 Å². The van der Waals surface area contributed by atoms with E-state index in [9.17, 15) is 4.79 Å².